The molecule has 3 amide bonds. The number of hydrogen-bond acceptors (Lipinski definition) is 4. The van der Waals surface area contributed by atoms with E-state index in [4.69, 9.17) is 5.73 Å². The molecule has 1 saturated carbocycles. The second-order valence-electron chi connectivity index (χ2n) is 6.20. The maximum absolute atomic E-state index is 12.2. The van der Waals surface area contributed by atoms with Crippen LogP contribution in [0.1, 0.15) is 25.7 Å². The molecule has 138 valence electrons. The second-order valence-corrected chi connectivity index (χ2v) is 8.09. The summed E-state index contributed by atoms with van der Waals surface area (Å²) in [6, 6.07) is 5.69. The van der Waals surface area contributed by atoms with Gasteiger partial charge in [0.2, 0.25) is 5.91 Å². The van der Waals surface area contributed by atoms with Crippen molar-refractivity contribution in [2.45, 2.75) is 31.2 Å². The number of rotatable bonds is 6. The average molecular weight is 369 g/mol. The lowest BCUT2D eigenvalue weighted by Crippen LogP contribution is -2.56. The largest absolute Gasteiger partial charge is 0.368 e. The minimum Gasteiger partial charge on any atom is -0.368 e. The van der Waals surface area contributed by atoms with E-state index in [9.17, 15) is 18.0 Å². The van der Waals surface area contributed by atoms with Crippen LogP contribution in [0.4, 0.5) is 16.2 Å². The van der Waals surface area contributed by atoms with Gasteiger partial charge < -0.3 is 16.4 Å². The van der Waals surface area contributed by atoms with Crippen molar-refractivity contribution in [1.82, 2.24) is 9.62 Å². The molecular formula is C15H23N5O4S. The molecule has 1 aliphatic rings. The molecule has 0 aliphatic heterocycles. The Morgan fingerprint density at radius 3 is 2.32 bits per heavy atom. The van der Waals surface area contributed by atoms with Gasteiger partial charge in [0.1, 0.15) is 5.54 Å². The number of nitrogens with two attached hydrogens (primary N) is 1. The Labute approximate surface area is 147 Å². The maximum Gasteiger partial charge on any atom is 0.320 e. The van der Waals surface area contributed by atoms with E-state index >= 15 is 0 Å². The van der Waals surface area contributed by atoms with Gasteiger partial charge in [0.15, 0.2) is 0 Å². The van der Waals surface area contributed by atoms with Gasteiger partial charge in [-0.05, 0) is 31.0 Å². The number of hydrogen-bond donors (Lipinski definition) is 4. The summed E-state index contributed by atoms with van der Waals surface area (Å²) in [7, 11) is -0.831. The number of nitrogens with zero attached hydrogens (tertiary/aromatic N) is 1. The molecule has 0 radical (unpaired) electrons. The molecule has 1 aromatic carbocycles. The molecule has 0 heterocycles. The number of carbonyl (C=O) groups is 2. The first-order valence-corrected chi connectivity index (χ1v) is 9.28. The first-order valence-electron chi connectivity index (χ1n) is 7.84. The van der Waals surface area contributed by atoms with Crippen LogP contribution in [-0.4, -0.2) is 44.3 Å². The van der Waals surface area contributed by atoms with Gasteiger partial charge in [-0.15, -0.1) is 0 Å². The molecule has 5 N–H and O–H groups in total. The molecule has 1 aliphatic carbocycles. The molecule has 1 aromatic rings. The van der Waals surface area contributed by atoms with Gasteiger partial charge in [-0.2, -0.15) is 12.7 Å². The summed E-state index contributed by atoms with van der Waals surface area (Å²) in [5, 5.41) is 5.25. The summed E-state index contributed by atoms with van der Waals surface area (Å²) in [5.41, 5.74) is 5.10. The number of urea groups is 1. The van der Waals surface area contributed by atoms with E-state index in [1.807, 2.05) is 0 Å². The monoisotopic (exact) mass is 369 g/mol. The van der Waals surface area contributed by atoms with Gasteiger partial charge >= 0.3 is 16.2 Å². The molecule has 0 saturated heterocycles. The van der Waals surface area contributed by atoms with Crippen LogP contribution in [0.2, 0.25) is 0 Å². The first kappa shape index (κ1) is 19.0. The van der Waals surface area contributed by atoms with E-state index in [1.54, 1.807) is 18.2 Å². The first-order chi connectivity index (χ1) is 11.6. The summed E-state index contributed by atoms with van der Waals surface area (Å²) in [6.45, 7) is 0. The number of carbonyl (C=O) groups excluding carboxylic acids is 2. The zero-order valence-electron chi connectivity index (χ0n) is 14.2. The van der Waals surface area contributed by atoms with Crippen LogP contribution < -0.4 is 21.1 Å². The van der Waals surface area contributed by atoms with Crippen molar-refractivity contribution in [3.05, 3.63) is 24.3 Å². The van der Waals surface area contributed by atoms with Gasteiger partial charge in [0.05, 0.1) is 5.69 Å². The smallest absolute Gasteiger partial charge is 0.320 e. The van der Waals surface area contributed by atoms with Crippen LogP contribution >= 0.6 is 0 Å². The van der Waals surface area contributed by atoms with E-state index < -0.39 is 27.7 Å². The Morgan fingerprint density at radius 1 is 1.16 bits per heavy atom. The van der Waals surface area contributed by atoms with Crippen molar-refractivity contribution in [3.8, 4) is 0 Å². The van der Waals surface area contributed by atoms with Crippen molar-refractivity contribution in [1.29, 1.82) is 0 Å². The number of anilines is 2. The van der Waals surface area contributed by atoms with Crippen molar-refractivity contribution in [3.63, 3.8) is 0 Å². The van der Waals surface area contributed by atoms with Crippen LogP contribution in [0.3, 0.4) is 0 Å². The van der Waals surface area contributed by atoms with Gasteiger partial charge in [0.25, 0.3) is 0 Å². The Bertz CT molecular complexity index is 757. The number of benzene rings is 1. The highest BCUT2D eigenvalue weighted by Gasteiger charge is 2.40. The van der Waals surface area contributed by atoms with Crippen molar-refractivity contribution in [2.24, 2.45) is 5.73 Å². The van der Waals surface area contributed by atoms with E-state index in [-0.39, 0.29) is 0 Å². The maximum atomic E-state index is 12.2. The molecule has 0 spiro atoms. The van der Waals surface area contributed by atoms with Crippen molar-refractivity contribution < 1.29 is 18.0 Å². The molecule has 1 fully saturated rings. The number of nitrogens with one attached hydrogen (secondary N) is 3. The van der Waals surface area contributed by atoms with Crippen LogP contribution in [0.25, 0.3) is 0 Å². The van der Waals surface area contributed by atoms with E-state index in [1.165, 1.54) is 20.2 Å². The molecule has 0 unspecified atom stereocenters. The second kappa shape index (κ2) is 7.28. The topological polar surface area (TPSA) is 134 Å². The van der Waals surface area contributed by atoms with E-state index in [0.29, 0.717) is 24.2 Å². The molecule has 25 heavy (non-hydrogen) atoms. The molecule has 0 aromatic heterocycles. The van der Waals surface area contributed by atoms with Crippen molar-refractivity contribution >= 4 is 33.5 Å². The third-order valence-corrected chi connectivity index (χ3v) is 5.58. The Balaban J connectivity index is 2.06. The van der Waals surface area contributed by atoms with Crippen LogP contribution in [0.15, 0.2) is 24.3 Å². The molecule has 9 nitrogen and oxygen atoms in total. The average Bonchev–Trinajstić information content (AvgIpc) is 2.96. The summed E-state index contributed by atoms with van der Waals surface area (Å²) in [6.07, 6.45) is 2.67. The minimum absolute atomic E-state index is 0.303. The van der Waals surface area contributed by atoms with E-state index in [0.717, 1.165) is 17.1 Å². The fourth-order valence-electron chi connectivity index (χ4n) is 2.69. The zero-order chi connectivity index (χ0) is 18.7. The third-order valence-electron chi connectivity index (χ3n) is 4.13. The summed E-state index contributed by atoms with van der Waals surface area (Å²) >= 11 is 0. The number of primary amides is 1. The molecule has 2 rings (SSSR count). The van der Waals surface area contributed by atoms with Crippen LogP contribution in [0.5, 0.6) is 0 Å². The predicted molar refractivity (Wildman–Crippen MR) is 95.2 cm³/mol. The predicted octanol–water partition coefficient (Wildman–Crippen LogP) is 0.824. The number of amides is 3. The quantitative estimate of drug-likeness (QED) is 0.591. The standard InChI is InChI=1S/C15H23N5O4S/c1-20(2)25(23,24)19-12-7-5-6-11(10-12)17-14(22)18-15(13(16)21)8-3-4-9-15/h5-7,10,19H,3-4,8-9H2,1-2H3,(H2,16,21)(H2,17,18,22). The lowest BCUT2D eigenvalue weighted by atomic mass is 9.97. The van der Waals surface area contributed by atoms with Crippen LogP contribution in [-0.2, 0) is 15.0 Å². The summed E-state index contributed by atoms with van der Waals surface area (Å²) < 4.78 is 27.1. The lowest BCUT2D eigenvalue weighted by Gasteiger charge is -2.26. The fourth-order valence-corrected chi connectivity index (χ4v) is 3.30. The highest BCUT2D eigenvalue weighted by atomic mass is 32.2. The van der Waals surface area contributed by atoms with Crippen molar-refractivity contribution in [2.75, 3.05) is 24.1 Å². The highest BCUT2D eigenvalue weighted by Crippen LogP contribution is 2.29. The summed E-state index contributed by atoms with van der Waals surface area (Å²) in [4.78, 5) is 23.9. The van der Waals surface area contributed by atoms with Gasteiger partial charge in [-0.3, -0.25) is 9.52 Å². The van der Waals surface area contributed by atoms with Gasteiger partial charge in [-0.25, -0.2) is 4.79 Å². The van der Waals surface area contributed by atoms with Gasteiger partial charge in [0, 0.05) is 19.8 Å². The van der Waals surface area contributed by atoms with E-state index in [2.05, 4.69) is 15.4 Å². The minimum atomic E-state index is -3.64. The highest BCUT2D eigenvalue weighted by molar-refractivity contribution is 7.90. The Morgan fingerprint density at radius 2 is 1.76 bits per heavy atom. The molecule has 0 bridgehead atoms. The lowest BCUT2D eigenvalue weighted by molar-refractivity contribution is -0.123. The van der Waals surface area contributed by atoms with Gasteiger partial charge in [-0.1, -0.05) is 18.9 Å². The molecular weight excluding hydrogens is 346 g/mol. The summed E-state index contributed by atoms with van der Waals surface area (Å²) in [5.74, 6) is -0.548. The molecule has 10 heteroatoms. The Hall–Kier alpha value is -2.33. The normalized spacial score (nSPS) is 16.4. The van der Waals surface area contributed by atoms with Crippen LogP contribution in [0, 0.1) is 0 Å². The zero-order valence-corrected chi connectivity index (χ0v) is 15.0. The SMILES string of the molecule is CN(C)S(=O)(=O)Nc1cccc(NC(=O)NC2(C(N)=O)CCCC2)c1. The fraction of sp³-hybridized carbons (Fsp3) is 0.467. The Kier molecular flexibility index (Phi) is 5.53. The molecule has 0 atom stereocenters. The third kappa shape index (κ3) is 4.60.